The molecule has 0 saturated carbocycles. The first kappa shape index (κ1) is 27.5. The maximum Gasteiger partial charge on any atom is 0.404 e. The number of hydrogen-bond donors (Lipinski definition) is 3. The molecule has 41 heavy (non-hydrogen) atoms. The number of rotatable bonds is 7. The number of nitrogens with two attached hydrogens (primary N) is 1. The normalized spacial score (nSPS) is 15.0. The van der Waals surface area contributed by atoms with Crippen LogP contribution in [-0.4, -0.2) is 50.4 Å². The number of carbonyl (C=O) groups is 2. The SMILES string of the molecule is Cn1c(Oc2ccccc2C(N)=O)nc2c(C#N)c(N3CCC[C@@H](NC(=O)O)C3)n(Cc3ccccc3Cl)c2c1=O. The highest BCUT2D eigenvalue weighted by molar-refractivity contribution is 6.31. The number of fused-ring (bicyclic) bond motifs is 1. The Bertz CT molecular complexity index is 1770. The monoisotopic (exact) mass is 575 g/mol. The minimum absolute atomic E-state index is 0.102. The van der Waals surface area contributed by atoms with Crippen LogP contribution in [0.2, 0.25) is 5.02 Å². The summed E-state index contributed by atoms with van der Waals surface area (Å²) in [7, 11) is 1.48. The number of anilines is 1. The van der Waals surface area contributed by atoms with Crippen LogP contribution in [0.25, 0.3) is 11.0 Å². The van der Waals surface area contributed by atoms with Gasteiger partial charge in [-0.25, -0.2) is 4.79 Å². The predicted molar refractivity (Wildman–Crippen MR) is 152 cm³/mol. The molecule has 1 atom stereocenters. The van der Waals surface area contributed by atoms with Gasteiger partial charge in [0.15, 0.2) is 0 Å². The van der Waals surface area contributed by atoms with Crippen LogP contribution in [0.15, 0.2) is 53.3 Å². The average Bonchev–Trinajstić information content (AvgIpc) is 3.25. The molecule has 210 valence electrons. The molecule has 5 rings (SSSR count). The molecular weight excluding hydrogens is 550 g/mol. The van der Waals surface area contributed by atoms with Gasteiger partial charge in [-0.2, -0.15) is 10.2 Å². The van der Waals surface area contributed by atoms with Gasteiger partial charge in [0, 0.05) is 31.2 Å². The van der Waals surface area contributed by atoms with Crippen molar-refractivity contribution >= 4 is 40.5 Å². The maximum absolute atomic E-state index is 13.9. The lowest BCUT2D eigenvalue weighted by molar-refractivity contribution is 0.0997. The number of benzene rings is 2. The van der Waals surface area contributed by atoms with Crippen molar-refractivity contribution in [2.24, 2.45) is 12.8 Å². The first-order valence-corrected chi connectivity index (χ1v) is 13.1. The highest BCUT2D eigenvalue weighted by Crippen LogP contribution is 2.35. The number of para-hydroxylation sites is 1. The molecule has 4 N–H and O–H groups in total. The van der Waals surface area contributed by atoms with Gasteiger partial charge >= 0.3 is 12.1 Å². The van der Waals surface area contributed by atoms with Crippen LogP contribution in [0.3, 0.4) is 0 Å². The van der Waals surface area contributed by atoms with Gasteiger partial charge in [-0.1, -0.05) is 41.9 Å². The Morgan fingerprint density at radius 3 is 2.68 bits per heavy atom. The largest absolute Gasteiger partial charge is 0.465 e. The minimum atomic E-state index is -1.14. The van der Waals surface area contributed by atoms with Crippen molar-refractivity contribution in [1.29, 1.82) is 5.26 Å². The fourth-order valence-electron chi connectivity index (χ4n) is 5.13. The Hall–Kier alpha value is -5.02. The van der Waals surface area contributed by atoms with Crippen LogP contribution >= 0.6 is 11.6 Å². The van der Waals surface area contributed by atoms with E-state index in [1.54, 1.807) is 28.8 Å². The van der Waals surface area contributed by atoms with E-state index >= 15 is 0 Å². The summed E-state index contributed by atoms with van der Waals surface area (Å²) >= 11 is 6.49. The summed E-state index contributed by atoms with van der Waals surface area (Å²) in [5, 5.41) is 22.7. The smallest absolute Gasteiger partial charge is 0.404 e. The van der Waals surface area contributed by atoms with E-state index in [1.807, 2.05) is 17.0 Å². The summed E-state index contributed by atoms with van der Waals surface area (Å²) in [5.74, 6) is -0.180. The van der Waals surface area contributed by atoms with Crippen LogP contribution < -0.4 is 26.2 Å². The molecule has 2 aromatic carbocycles. The summed E-state index contributed by atoms with van der Waals surface area (Å²) in [6.07, 6.45) is 0.155. The van der Waals surface area contributed by atoms with E-state index in [0.717, 1.165) is 0 Å². The number of carbonyl (C=O) groups excluding carboxylic acids is 1. The third-order valence-corrected chi connectivity index (χ3v) is 7.38. The number of aromatic nitrogens is 3. The maximum atomic E-state index is 13.9. The second-order valence-corrected chi connectivity index (χ2v) is 10.0. The first-order chi connectivity index (χ1) is 19.7. The molecule has 0 spiro atoms. The second kappa shape index (κ2) is 11.2. The Balaban J connectivity index is 1.72. The molecule has 1 saturated heterocycles. The third kappa shape index (κ3) is 5.27. The van der Waals surface area contributed by atoms with E-state index in [2.05, 4.69) is 16.4 Å². The van der Waals surface area contributed by atoms with E-state index < -0.39 is 17.6 Å². The molecule has 13 heteroatoms. The first-order valence-electron chi connectivity index (χ1n) is 12.8. The molecule has 0 unspecified atom stereocenters. The van der Waals surface area contributed by atoms with Crippen molar-refractivity contribution in [2.45, 2.75) is 25.4 Å². The Labute approximate surface area is 239 Å². The van der Waals surface area contributed by atoms with Crippen molar-refractivity contribution in [3.63, 3.8) is 0 Å². The number of hydrogen-bond acceptors (Lipinski definition) is 7. The summed E-state index contributed by atoms with van der Waals surface area (Å²) in [5.41, 5.74) is 6.21. The quantitative estimate of drug-likeness (QED) is 0.301. The molecule has 3 heterocycles. The average molecular weight is 576 g/mol. The van der Waals surface area contributed by atoms with E-state index in [-0.39, 0.29) is 53.1 Å². The number of carboxylic acid groups (broad SMARTS) is 1. The predicted octanol–water partition coefficient (Wildman–Crippen LogP) is 3.44. The molecule has 0 aliphatic carbocycles. The van der Waals surface area contributed by atoms with Crippen LogP contribution in [0.5, 0.6) is 11.8 Å². The molecule has 1 aliphatic rings. The topological polar surface area (TPSA) is 168 Å². The van der Waals surface area contributed by atoms with E-state index in [1.165, 1.54) is 23.7 Å². The highest BCUT2D eigenvalue weighted by Gasteiger charge is 2.31. The lowest BCUT2D eigenvalue weighted by atomic mass is 10.1. The van der Waals surface area contributed by atoms with Gasteiger partial charge in [-0.3, -0.25) is 14.2 Å². The number of piperidine rings is 1. The highest BCUT2D eigenvalue weighted by atomic mass is 35.5. The van der Waals surface area contributed by atoms with Crippen molar-refractivity contribution in [1.82, 2.24) is 19.4 Å². The number of nitrogens with zero attached hydrogens (tertiary/aromatic N) is 5. The number of nitrogens with one attached hydrogen (secondary N) is 1. The zero-order valence-electron chi connectivity index (χ0n) is 22.0. The summed E-state index contributed by atoms with van der Waals surface area (Å²) in [6, 6.07) is 15.2. The van der Waals surface area contributed by atoms with Gasteiger partial charge in [-0.15, -0.1) is 0 Å². The van der Waals surface area contributed by atoms with Gasteiger partial charge in [0.25, 0.3) is 11.5 Å². The fourth-order valence-corrected chi connectivity index (χ4v) is 5.32. The van der Waals surface area contributed by atoms with Gasteiger partial charge in [0.1, 0.15) is 34.2 Å². The lowest BCUT2D eigenvalue weighted by Crippen LogP contribution is -2.48. The molecule has 12 nitrogen and oxygen atoms in total. The molecule has 4 aromatic rings. The number of ether oxygens (including phenoxy) is 1. The molecular formula is C28H26ClN7O5. The Kier molecular flexibility index (Phi) is 7.54. The van der Waals surface area contributed by atoms with Crippen LogP contribution in [0, 0.1) is 11.3 Å². The number of primary amides is 1. The Morgan fingerprint density at radius 2 is 1.98 bits per heavy atom. The summed E-state index contributed by atoms with van der Waals surface area (Å²) in [4.78, 5) is 43.7. The van der Waals surface area contributed by atoms with Gasteiger partial charge in [-0.05, 0) is 36.6 Å². The fraction of sp³-hybridized carbons (Fsp3) is 0.250. The third-order valence-electron chi connectivity index (χ3n) is 7.01. The van der Waals surface area contributed by atoms with E-state index in [9.17, 15) is 24.8 Å². The zero-order chi connectivity index (χ0) is 29.3. The van der Waals surface area contributed by atoms with Gasteiger partial charge < -0.3 is 30.4 Å². The van der Waals surface area contributed by atoms with Crippen LogP contribution in [-0.2, 0) is 13.6 Å². The van der Waals surface area contributed by atoms with Gasteiger partial charge in [0.05, 0.1) is 12.1 Å². The summed E-state index contributed by atoms with van der Waals surface area (Å²) < 4.78 is 8.80. The van der Waals surface area contributed by atoms with Crippen molar-refractivity contribution in [2.75, 3.05) is 18.0 Å². The van der Waals surface area contributed by atoms with E-state index in [0.29, 0.717) is 35.8 Å². The molecule has 1 aliphatic heterocycles. The standard InChI is InChI=1S/C28H26ClN7O5/c1-34-26(38)23-22(33-27(34)41-21-11-5-3-9-18(21)24(31)37)19(13-30)25(35-12-6-8-17(15-35)32-28(39)40)36(23)14-16-7-2-4-10-20(16)29/h2-5,7,9-11,17,32H,6,8,12,14-15H2,1H3,(H2,31,37)(H,39,40)/t17-/m1/s1. The lowest BCUT2D eigenvalue weighted by Gasteiger charge is -2.35. The number of amides is 2. The zero-order valence-corrected chi connectivity index (χ0v) is 22.8. The van der Waals surface area contributed by atoms with Crippen molar-refractivity contribution in [3.8, 4) is 17.8 Å². The van der Waals surface area contributed by atoms with E-state index in [4.69, 9.17) is 22.1 Å². The molecule has 0 radical (unpaired) electrons. The Morgan fingerprint density at radius 1 is 1.24 bits per heavy atom. The van der Waals surface area contributed by atoms with Gasteiger partial charge in [0.2, 0.25) is 0 Å². The summed E-state index contributed by atoms with van der Waals surface area (Å²) in [6.45, 7) is 0.971. The van der Waals surface area contributed by atoms with Crippen molar-refractivity contribution in [3.05, 3.63) is 80.6 Å². The molecule has 2 aromatic heterocycles. The number of halogens is 1. The van der Waals surface area contributed by atoms with Crippen LogP contribution in [0.1, 0.15) is 34.3 Å². The molecule has 2 amide bonds. The minimum Gasteiger partial charge on any atom is -0.465 e. The number of nitriles is 1. The second-order valence-electron chi connectivity index (χ2n) is 9.64. The van der Waals surface area contributed by atoms with Crippen LogP contribution in [0.4, 0.5) is 10.6 Å². The van der Waals surface area contributed by atoms with Crippen molar-refractivity contribution < 1.29 is 19.4 Å². The molecule has 0 bridgehead atoms. The molecule has 1 fully saturated rings.